The van der Waals surface area contributed by atoms with Crippen LogP contribution in [0.4, 0.5) is 4.39 Å². The first-order chi connectivity index (χ1) is 13.0. The van der Waals surface area contributed by atoms with Crippen LogP contribution in [0.5, 0.6) is 0 Å². The Labute approximate surface area is 169 Å². The van der Waals surface area contributed by atoms with E-state index in [2.05, 4.69) is 4.98 Å². The number of hydrogen-bond acceptors (Lipinski definition) is 3. The van der Waals surface area contributed by atoms with Crippen molar-refractivity contribution in [3.63, 3.8) is 0 Å². The Hall–Kier alpha value is -1.89. The molecule has 0 saturated carbocycles. The molecule has 2 aromatic carbocycles. The fourth-order valence-electron chi connectivity index (χ4n) is 2.77. The summed E-state index contributed by atoms with van der Waals surface area (Å²) in [6.45, 7) is 0.264. The number of thioether (sulfide) groups is 1. The van der Waals surface area contributed by atoms with Gasteiger partial charge in [0.2, 0.25) is 0 Å². The maximum Gasteiger partial charge on any atom is 0.156 e. The topological polar surface area (TPSA) is 34.9 Å². The summed E-state index contributed by atoms with van der Waals surface area (Å²) in [6.07, 6.45) is 3.48. The average molecular weight is 421 g/mol. The first-order valence-corrected chi connectivity index (χ1v) is 11.4. The zero-order valence-corrected chi connectivity index (χ0v) is 17.2. The molecule has 0 aliphatic heterocycles. The summed E-state index contributed by atoms with van der Waals surface area (Å²) in [4.78, 5) is 5.28. The summed E-state index contributed by atoms with van der Waals surface area (Å²) < 4.78 is 28.0. The van der Waals surface area contributed by atoms with E-state index in [1.54, 1.807) is 29.9 Å². The van der Waals surface area contributed by atoms with Crippen LogP contribution in [0.3, 0.4) is 0 Å². The second kappa shape index (κ2) is 8.87. The zero-order chi connectivity index (χ0) is 19.4. The highest BCUT2D eigenvalue weighted by molar-refractivity contribution is 8.08. The molecule has 27 heavy (non-hydrogen) atoms. The highest BCUT2D eigenvalue weighted by Crippen LogP contribution is 2.36. The quantitative estimate of drug-likeness (QED) is 0.533. The minimum Gasteiger partial charge on any atom is -0.318 e. The second-order valence-electron chi connectivity index (χ2n) is 5.80. The average Bonchev–Trinajstić information content (AvgIpc) is 2.98. The Morgan fingerprint density at radius 3 is 2.52 bits per heavy atom. The molecule has 0 radical (unpaired) electrons. The fraction of sp³-hybridized carbons (Fsp3) is 0.150. The Balaban J connectivity index is 2.23. The number of imidazole rings is 1. The Morgan fingerprint density at radius 2 is 1.89 bits per heavy atom. The summed E-state index contributed by atoms with van der Waals surface area (Å²) in [5.41, 5.74) is 2.05. The zero-order valence-electron chi connectivity index (χ0n) is 14.9. The number of halogens is 2. The van der Waals surface area contributed by atoms with Crippen molar-refractivity contribution in [3.05, 3.63) is 82.2 Å². The molecule has 140 valence electrons. The van der Waals surface area contributed by atoms with Gasteiger partial charge in [0.25, 0.3) is 0 Å². The van der Waals surface area contributed by atoms with Gasteiger partial charge < -0.3 is 4.57 Å². The molecule has 1 unspecified atom stereocenters. The van der Waals surface area contributed by atoms with Gasteiger partial charge in [-0.3, -0.25) is 4.21 Å². The first-order valence-electron chi connectivity index (χ1n) is 8.14. The Kier molecular flexibility index (Phi) is 6.52. The molecule has 1 aromatic heterocycles. The molecule has 0 aliphatic rings. The largest absolute Gasteiger partial charge is 0.318 e. The highest BCUT2D eigenvalue weighted by Gasteiger charge is 2.21. The molecule has 7 heteroatoms. The third-order valence-electron chi connectivity index (χ3n) is 3.97. The van der Waals surface area contributed by atoms with Crippen LogP contribution in [0.1, 0.15) is 11.3 Å². The number of aromatic nitrogens is 2. The van der Waals surface area contributed by atoms with Gasteiger partial charge in [0.1, 0.15) is 11.6 Å². The van der Waals surface area contributed by atoms with Crippen molar-refractivity contribution >= 4 is 39.1 Å². The van der Waals surface area contributed by atoms with E-state index in [1.165, 1.54) is 17.8 Å². The summed E-state index contributed by atoms with van der Waals surface area (Å²) in [7, 11) is -1.16. The molecule has 3 nitrogen and oxygen atoms in total. The van der Waals surface area contributed by atoms with E-state index < -0.39 is 10.8 Å². The van der Waals surface area contributed by atoms with Gasteiger partial charge in [-0.15, -0.1) is 11.8 Å². The second-order valence-corrected chi connectivity index (χ2v) is 8.24. The molecule has 0 aliphatic carbocycles. The smallest absolute Gasteiger partial charge is 0.156 e. The van der Waals surface area contributed by atoms with Crippen LogP contribution < -0.4 is 0 Å². The normalized spacial score (nSPS) is 13.0. The highest BCUT2D eigenvalue weighted by atomic mass is 35.5. The SMILES string of the molecule is CSC(=CS(C)=O)c1c(Cl)nc(-c2ccccc2)n1Cc1ccccc1F. The van der Waals surface area contributed by atoms with E-state index in [-0.39, 0.29) is 12.4 Å². The summed E-state index contributed by atoms with van der Waals surface area (Å²) in [5, 5.41) is 1.94. The number of benzene rings is 2. The minimum absolute atomic E-state index is 0.264. The first kappa shape index (κ1) is 19.9. The lowest BCUT2D eigenvalue weighted by molar-refractivity contribution is 0.599. The summed E-state index contributed by atoms with van der Waals surface area (Å²) >= 11 is 7.92. The van der Waals surface area contributed by atoms with Gasteiger partial charge in [0, 0.05) is 38.5 Å². The van der Waals surface area contributed by atoms with Crippen LogP contribution in [0, 0.1) is 5.82 Å². The number of rotatable bonds is 6. The third kappa shape index (κ3) is 4.51. The van der Waals surface area contributed by atoms with Gasteiger partial charge in [0.05, 0.1) is 12.2 Å². The summed E-state index contributed by atoms with van der Waals surface area (Å²) in [5.74, 6) is 0.349. The molecule has 1 atom stereocenters. The van der Waals surface area contributed by atoms with E-state index >= 15 is 0 Å². The molecular weight excluding hydrogens is 403 g/mol. The molecule has 3 aromatic rings. The van der Waals surface area contributed by atoms with Crippen LogP contribution >= 0.6 is 23.4 Å². The molecule has 0 saturated heterocycles. The standard InChI is InChI=1S/C20H18ClFN2OS2/c1-26-17(13-27(2)25)18-19(21)23-20(14-8-4-3-5-9-14)24(18)12-15-10-6-7-11-16(15)22/h3-11,13H,12H2,1-2H3. The predicted octanol–water partition coefficient (Wildman–Crippen LogP) is 5.43. The van der Waals surface area contributed by atoms with Crippen LogP contribution in [-0.2, 0) is 17.3 Å². The van der Waals surface area contributed by atoms with Gasteiger partial charge in [-0.2, -0.15) is 0 Å². The lowest BCUT2D eigenvalue weighted by atomic mass is 10.2. The fourth-order valence-corrected chi connectivity index (χ4v) is 4.71. The van der Waals surface area contributed by atoms with Crippen LogP contribution in [0.15, 0.2) is 60.0 Å². The van der Waals surface area contributed by atoms with E-state index in [9.17, 15) is 8.60 Å². The van der Waals surface area contributed by atoms with Crippen molar-refractivity contribution in [1.29, 1.82) is 0 Å². The molecular formula is C20H18ClFN2OS2. The molecule has 0 fully saturated rings. The lowest BCUT2D eigenvalue weighted by Gasteiger charge is -2.14. The van der Waals surface area contributed by atoms with E-state index in [4.69, 9.17) is 11.6 Å². The van der Waals surface area contributed by atoms with Crippen molar-refractivity contribution in [2.45, 2.75) is 6.54 Å². The molecule has 0 bridgehead atoms. The van der Waals surface area contributed by atoms with Crippen LogP contribution in [0.2, 0.25) is 5.15 Å². The van der Waals surface area contributed by atoms with Crippen molar-refractivity contribution in [1.82, 2.24) is 9.55 Å². The lowest BCUT2D eigenvalue weighted by Crippen LogP contribution is -2.07. The predicted molar refractivity (Wildman–Crippen MR) is 114 cm³/mol. The molecule has 0 N–H and O–H groups in total. The monoisotopic (exact) mass is 420 g/mol. The van der Waals surface area contributed by atoms with Gasteiger partial charge in [-0.1, -0.05) is 60.1 Å². The van der Waals surface area contributed by atoms with Crippen molar-refractivity contribution in [2.75, 3.05) is 12.5 Å². The maximum atomic E-state index is 14.3. The van der Waals surface area contributed by atoms with E-state index in [0.717, 1.165) is 10.5 Å². The third-order valence-corrected chi connectivity index (χ3v) is 5.70. The maximum absolute atomic E-state index is 14.3. The minimum atomic E-state index is -1.16. The van der Waals surface area contributed by atoms with E-state index in [0.29, 0.717) is 22.2 Å². The van der Waals surface area contributed by atoms with Crippen molar-refractivity contribution in [3.8, 4) is 11.4 Å². The molecule has 0 amide bonds. The van der Waals surface area contributed by atoms with Crippen LogP contribution in [0.25, 0.3) is 16.3 Å². The van der Waals surface area contributed by atoms with Gasteiger partial charge in [0.15, 0.2) is 5.15 Å². The van der Waals surface area contributed by atoms with Crippen molar-refractivity contribution < 1.29 is 8.60 Å². The van der Waals surface area contributed by atoms with Crippen LogP contribution in [-0.4, -0.2) is 26.3 Å². The molecule has 0 spiro atoms. The number of nitrogens with zero attached hydrogens (tertiary/aromatic N) is 2. The Morgan fingerprint density at radius 1 is 1.22 bits per heavy atom. The van der Waals surface area contributed by atoms with Gasteiger partial charge in [-0.25, -0.2) is 9.37 Å². The number of hydrogen-bond donors (Lipinski definition) is 0. The summed E-state index contributed by atoms with van der Waals surface area (Å²) in [6, 6.07) is 16.2. The molecule has 3 rings (SSSR count). The van der Waals surface area contributed by atoms with Crippen molar-refractivity contribution in [2.24, 2.45) is 0 Å². The molecule has 1 heterocycles. The van der Waals surface area contributed by atoms with E-state index in [1.807, 2.05) is 41.2 Å². The van der Waals surface area contributed by atoms with Gasteiger partial charge in [-0.05, 0) is 12.3 Å². The Bertz CT molecular complexity index is 1000. The van der Waals surface area contributed by atoms with Gasteiger partial charge >= 0.3 is 0 Å².